The molecule has 1 unspecified atom stereocenters. The number of pyridine rings is 1. The highest BCUT2D eigenvalue weighted by Crippen LogP contribution is 2.27. The molecule has 0 saturated carbocycles. The molecular formula is C18H17FN2O5. The van der Waals surface area contributed by atoms with Gasteiger partial charge in [0.05, 0.1) is 17.4 Å². The highest BCUT2D eigenvalue weighted by molar-refractivity contribution is 6.05. The molecule has 1 aromatic heterocycles. The average Bonchev–Trinajstić information content (AvgIpc) is 3.14. The molecular weight excluding hydrogens is 343 g/mol. The number of carbonyl (C=O) groups is 2. The van der Waals surface area contributed by atoms with E-state index in [1.54, 1.807) is 0 Å². The largest absolute Gasteiger partial charge is 0.489 e. The maximum atomic E-state index is 13.6. The predicted molar refractivity (Wildman–Crippen MR) is 90.0 cm³/mol. The molecule has 1 atom stereocenters. The molecule has 1 aliphatic heterocycles. The second-order valence-electron chi connectivity index (χ2n) is 5.78. The minimum Gasteiger partial charge on any atom is -0.489 e. The van der Waals surface area contributed by atoms with Crippen LogP contribution in [0.1, 0.15) is 33.7 Å². The van der Waals surface area contributed by atoms with Gasteiger partial charge in [-0.15, -0.1) is 0 Å². The van der Waals surface area contributed by atoms with Crippen molar-refractivity contribution in [3.63, 3.8) is 0 Å². The van der Waals surface area contributed by atoms with Crippen molar-refractivity contribution in [1.82, 2.24) is 4.98 Å². The molecule has 2 heterocycles. The zero-order valence-corrected chi connectivity index (χ0v) is 13.8. The Kier molecular flexibility index (Phi) is 5.43. The second-order valence-corrected chi connectivity index (χ2v) is 5.78. The van der Waals surface area contributed by atoms with Crippen LogP contribution >= 0.6 is 0 Å². The van der Waals surface area contributed by atoms with E-state index in [0.717, 1.165) is 25.1 Å². The number of carboxylic acid groups (broad SMARTS) is 1. The summed E-state index contributed by atoms with van der Waals surface area (Å²) in [6, 6.07) is 6.38. The zero-order valence-electron chi connectivity index (χ0n) is 13.8. The van der Waals surface area contributed by atoms with Crippen molar-refractivity contribution in [1.29, 1.82) is 0 Å². The van der Waals surface area contributed by atoms with E-state index < -0.39 is 17.7 Å². The van der Waals surface area contributed by atoms with Crippen molar-refractivity contribution in [2.75, 3.05) is 18.5 Å². The lowest BCUT2D eigenvalue weighted by Crippen LogP contribution is -2.18. The van der Waals surface area contributed by atoms with Crippen LogP contribution < -0.4 is 10.1 Å². The Morgan fingerprint density at radius 1 is 1.35 bits per heavy atom. The van der Waals surface area contributed by atoms with Crippen molar-refractivity contribution in [3.05, 3.63) is 53.6 Å². The van der Waals surface area contributed by atoms with Crippen LogP contribution in [0.15, 0.2) is 36.5 Å². The van der Waals surface area contributed by atoms with Gasteiger partial charge in [0.1, 0.15) is 23.9 Å². The summed E-state index contributed by atoms with van der Waals surface area (Å²) in [5.74, 6) is -1.94. The number of ether oxygens (including phenoxy) is 2. The van der Waals surface area contributed by atoms with E-state index >= 15 is 0 Å². The summed E-state index contributed by atoms with van der Waals surface area (Å²) < 4.78 is 24.7. The van der Waals surface area contributed by atoms with Crippen molar-refractivity contribution in [3.8, 4) is 5.75 Å². The quantitative estimate of drug-likeness (QED) is 0.822. The summed E-state index contributed by atoms with van der Waals surface area (Å²) in [5, 5.41) is 11.4. The number of anilines is 1. The number of nitrogens with one attached hydrogen (secondary N) is 1. The van der Waals surface area contributed by atoms with E-state index in [4.69, 9.17) is 14.6 Å². The van der Waals surface area contributed by atoms with Crippen LogP contribution in [0, 0.1) is 5.82 Å². The van der Waals surface area contributed by atoms with E-state index in [-0.39, 0.29) is 23.0 Å². The fourth-order valence-electron chi connectivity index (χ4n) is 2.53. The Morgan fingerprint density at radius 3 is 2.85 bits per heavy atom. The first-order valence-electron chi connectivity index (χ1n) is 8.07. The number of nitrogens with zero attached hydrogens (tertiary/aromatic N) is 1. The molecule has 1 saturated heterocycles. The van der Waals surface area contributed by atoms with Crippen LogP contribution in [0.4, 0.5) is 10.1 Å². The van der Waals surface area contributed by atoms with E-state index in [9.17, 15) is 14.0 Å². The number of hydrogen-bond donors (Lipinski definition) is 2. The maximum Gasteiger partial charge on any atom is 0.354 e. The lowest BCUT2D eigenvalue weighted by Gasteiger charge is -2.15. The molecule has 0 radical (unpaired) electrons. The summed E-state index contributed by atoms with van der Waals surface area (Å²) >= 11 is 0. The highest BCUT2D eigenvalue weighted by atomic mass is 19.1. The van der Waals surface area contributed by atoms with Gasteiger partial charge in [0.25, 0.3) is 5.91 Å². The number of aromatic nitrogens is 1. The lowest BCUT2D eigenvalue weighted by molar-refractivity contribution is 0.0681. The fraction of sp³-hybridized carbons (Fsp3) is 0.278. The predicted octanol–water partition coefficient (Wildman–Crippen LogP) is 2.73. The molecule has 2 N–H and O–H groups in total. The molecule has 0 spiro atoms. The third kappa shape index (κ3) is 4.34. The molecule has 0 bridgehead atoms. The van der Waals surface area contributed by atoms with Gasteiger partial charge in [-0.25, -0.2) is 14.2 Å². The molecule has 1 aromatic carbocycles. The van der Waals surface area contributed by atoms with Crippen LogP contribution in [0.25, 0.3) is 0 Å². The fourth-order valence-corrected chi connectivity index (χ4v) is 2.53. The highest BCUT2D eigenvalue weighted by Gasteiger charge is 2.18. The molecule has 1 fully saturated rings. The van der Waals surface area contributed by atoms with Gasteiger partial charge < -0.3 is 19.9 Å². The standard InChI is InChI=1S/C18H17FN2O5/c19-12-4-6-16(26-10-13-2-1-7-25-13)15(8-12)21-17(22)11-3-5-14(18(23)24)20-9-11/h3-6,8-9,13H,1-2,7,10H2,(H,21,22)(H,23,24). The number of rotatable bonds is 6. The first kappa shape index (κ1) is 17.8. The van der Waals surface area contributed by atoms with Gasteiger partial charge in [0.15, 0.2) is 0 Å². The van der Waals surface area contributed by atoms with Crippen molar-refractivity contribution in [2.45, 2.75) is 18.9 Å². The Balaban J connectivity index is 1.71. The molecule has 26 heavy (non-hydrogen) atoms. The van der Waals surface area contributed by atoms with Crippen LogP contribution in [0.2, 0.25) is 0 Å². The van der Waals surface area contributed by atoms with Crippen LogP contribution in [-0.2, 0) is 4.74 Å². The molecule has 8 heteroatoms. The molecule has 1 amide bonds. The average molecular weight is 360 g/mol. The molecule has 1 aliphatic rings. The summed E-state index contributed by atoms with van der Waals surface area (Å²) in [7, 11) is 0. The zero-order chi connectivity index (χ0) is 18.5. The summed E-state index contributed by atoms with van der Waals surface area (Å²) in [6.45, 7) is 1.00. The SMILES string of the molecule is O=C(Nc1cc(F)ccc1OCC1CCCO1)c1ccc(C(=O)O)nc1. The minimum atomic E-state index is -1.19. The Hall–Kier alpha value is -3.00. The van der Waals surface area contributed by atoms with Crippen molar-refractivity contribution < 1.29 is 28.6 Å². The number of amides is 1. The molecule has 3 rings (SSSR count). The van der Waals surface area contributed by atoms with Gasteiger partial charge >= 0.3 is 5.97 Å². The van der Waals surface area contributed by atoms with Gasteiger partial charge in [0, 0.05) is 18.9 Å². The first-order chi connectivity index (χ1) is 12.5. The van der Waals surface area contributed by atoms with Crippen LogP contribution in [-0.4, -0.2) is 41.3 Å². The summed E-state index contributed by atoms with van der Waals surface area (Å²) in [6.07, 6.45) is 2.99. The van der Waals surface area contributed by atoms with E-state index in [0.29, 0.717) is 19.0 Å². The van der Waals surface area contributed by atoms with Gasteiger partial charge in [0.2, 0.25) is 0 Å². The molecule has 7 nitrogen and oxygen atoms in total. The number of hydrogen-bond acceptors (Lipinski definition) is 5. The number of benzene rings is 1. The number of aromatic carboxylic acids is 1. The van der Waals surface area contributed by atoms with Crippen LogP contribution in [0.5, 0.6) is 5.75 Å². The Labute approximate surface area is 148 Å². The topological polar surface area (TPSA) is 97.8 Å². The Morgan fingerprint density at radius 2 is 2.19 bits per heavy atom. The number of carbonyl (C=O) groups excluding carboxylic acids is 1. The number of halogens is 1. The van der Waals surface area contributed by atoms with Gasteiger partial charge in [-0.05, 0) is 37.1 Å². The smallest absolute Gasteiger partial charge is 0.354 e. The lowest BCUT2D eigenvalue weighted by atomic mass is 10.2. The van der Waals surface area contributed by atoms with Crippen molar-refractivity contribution in [2.24, 2.45) is 0 Å². The molecule has 136 valence electrons. The van der Waals surface area contributed by atoms with Crippen molar-refractivity contribution >= 4 is 17.6 Å². The molecule has 0 aliphatic carbocycles. The first-order valence-corrected chi connectivity index (χ1v) is 8.07. The maximum absolute atomic E-state index is 13.6. The Bertz CT molecular complexity index is 804. The normalized spacial score (nSPS) is 16.3. The van der Waals surface area contributed by atoms with Gasteiger partial charge in [-0.3, -0.25) is 4.79 Å². The summed E-state index contributed by atoms with van der Waals surface area (Å²) in [5.41, 5.74) is 0.146. The van der Waals surface area contributed by atoms with E-state index in [2.05, 4.69) is 10.3 Å². The van der Waals surface area contributed by atoms with E-state index in [1.165, 1.54) is 24.3 Å². The van der Waals surface area contributed by atoms with Crippen LogP contribution in [0.3, 0.4) is 0 Å². The van der Waals surface area contributed by atoms with Gasteiger partial charge in [-0.1, -0.05) is 0 Å². The van der Waals surface area contributed by atoms with E-state index in [1.807, 2.05) is 0 Å². The van der Waals surface area contributed by atoms with Gasteiger partial charge in [-0.2, -0.15) is 0 Å². The second kappa shape index (κ2) is 7.92. The summed E-state index contributed by atoms with van der Waals surface area (Å²) in [4.78, 5) is 26.8. The third-order valence-electron chi connectivity index (χ3n) is 3.88. The number of carboxylic acids is 1. The third-order valence-corrected chi connectivity index (χ3v) is 3.88. The minimum absolute atomic E-state index is 0.0173. The monoisotopic (exact) mass is 360 g/mol. The molecule has 2 aromatic rings.